The number of rotatable bonds is 11. The highest BCUT2D eigenvalue weighted by molar-refractivity contribution is 6.14. The number of methoxy groups -OCH3 is 2. The second-order valence-electron chi connectivity index (χ2n) is 17.7. The summed E-state index contributed by atoms with van der Waals surface area (Å²) in [5.74, 6) is 1.40. The highest BCUT2D eigenvalue weighted by Gasteiger charge is 2.74. The largest absolute Gasteiger partial charge is 0.493 e. The van der Waals surface area contributed by atoms with E-state index in [1.54, 1.807) is 14.2 Å². The zero-order valence-corrected chi connectivity index (χ0v) is 33.1. The third kappa shape index (κ3) is 5.58. The number of benzene rings is 3. The molecule has 6 aliphatic rings. The lowest BCUT2D eigenvalue weighted by atomic mass is 9.32. The highest BCUT2D eigenvalue weighted by atomic mass is 16.5. The minimum atomic E-state index is -1.14. The first-order chi connectivity index (χ1) is 26.4. The molecular weight excluding hydrogens is 687 g/mol. The number of carbonyl (C=O) groups excluding carboxylic acids is 2. The fraction of sp³-hybridized carbons (Fsp3) is 0.500. The van der Waals surface area contributed by atoms with Gasteiger partial charge in [0.25, 0.3) is 0 Å². The first kappa shape index (κ1) is 37.7. The number of hydrogen-bond acceptors (Lipinski definition) is 6. The Balaban J connectivity index is 1.18. The highest BCUT2D eigenvalue weighted by Crippen LogP contribution is 2.78. The van der Waals surface area contributed by atoms with Gasteiger partial charge in [0.05, 0.1) is 32.3 Å². The fourth-order valence-corrected chi connectivity index (χ4v) is 12.4. The molecule has 0 saturated heterocycles. The van der Waals surface area contributed by atoms with Gasteiger partial charge >= 0.3 is 0 Å². The quantitative estimate of drug-likeness (QED) is 0.151. The molecule has 6 aliphatic carbocycles. The Labute approximate surface area is 326 Å². The molecule has 2 spiro atoms. The Kier molecular flexibility index (Phi) is 9.44. The van der Waals surface area contributed by atoms with Crippen LogP contribution in [0.15, 0.2) is 96.6 Å². The lowest BCUT2D eigenvalue weighted by molar-refractivity contribution is -0.178. The molecule has 3 aromatic rings. The molecule has 0 heterocycles. The van der Waals surface area contributed by atoms with Crippen LogP contribution in [0.4, 0.5) is 0 Å². The molecule has 7 heteroatoms. The van der Waals surface area contributed by atoms with Gasteiger partial charge in [-0.2, -0.15) is 0 Å². The third-order valence-corrected chi connectivity index (χ3v) is 15.3. The van der Waals surface area contributed by atoms with Gasteiger partial charge < -0.3 is 24.6 Å². The van der Waals surface area contributed by atoms with Crippen LogP contribution in [0.5, 0.6) is 11.5 Å². The second kappa shape index (κ2) is 13.8. The zero-order valence-electron chi connectivity index (χ0n) is 33.1. The number of carbonyl (C=O) groups is 2. The van der Waals surface area contributed by atoms with Gasteiger partial charge in [-0.15, -0.1) is 0 Å². The van der Waals surface area contributed by atoms with E-state index >= 15 is 4.79 Å². The van der Waals surface area contributed by atoms with Crippen molar-refractivity contribution in [2.45, 2.75) is 90.3 Å². The van der Waals surface area contributed by atoms with Crippen LogP contribution < -0.4 is 9.47 Å². The number of aliphatic hydroxyl groups excluding tert-OH is 1. The smallest absolute Gasteiger partial charge is 0.227 e. The van der Waals surface area contributed by atoms with E-state index < -0.39 is 27.9 Å². The second-order valence-corrected chi connectivity index (χ2v) is 17.7. The molecule has 9 rings (SSSR count). The topological polar surface area (TPSA) is 96.3 Å². The van der Waals surface area contributed by atoms with E-state index in [2.05, 4.69) is 51.1 Å². The van der Waals surface area contributed by atoms with Gasteiger partial charge in [0.1, 0.15) is 0 Å². The van der Waals surface area contributed by atoms with Crippen LogP contribution in [0, 0.1) is 33.5 Å². The maximum atomic E-state index is 15.5. The summed E-state index contributed by atoms with van der Waals surface area (Å²) < 4.78 is 10.9. The van der Waals surface area contributed by atoms with Crippen molar-refractivity contribution in [2.24, 2.45) is 33.5 Å². The SMILES string of the molecule is CCCN(C[C@]1(O)CC[C@H]2[C@]34C=C[C@@]5(C=C3C(=O)c3ccccc3-c3ccccc3)CC(O)CC[C@]5(C)[C@H]4CC[C@@]21C)C(=O)Cc1ccc(OC)c(OC)c1. The number of ether oxygens (including phenoxy) is 2. The summed E-state index contributed by atoms with van der Waals surface area (Å²) in [7, 11) is 3.19. The number of aliphatic hydroxyl groups is 2. The summed E-state index contributed by atoms with van der Waals surface area (Å²) in [6.45, 7) is 7.53. The maximum absolute atomic E-state index is 15.5. The van der Waals surface area contributed by atoms with Gasteiger partial charge in [-0.1, -0.05) is 99.7 Å². The molecule has 290 valence electrons. The monoisotopic (exact) mass is 743 g/mol. The van der Waals surface area contributed by atoms with Gasteiger partial charge in [-0.3, -0.25) is 9.59 Å². The molecule has 7 nitrogen and oxygen atoms in total. The van der Waals surface area contributed by atoms with Crippen LogP contribution in [0.25, 0.3) is 11.1 Å². The molecule has 2 N–H and O–H groups in total. The predicted octanol–water partition coefficient (Wildman–Crippen LogP) is 8.63. The number of Topliss-reactive ketones (excluding diaryl/α,β-unsaturated/α-hetero) is 1. The fourth-order valence-electron chi connectivity index (χ4n) is 12.4. The third-order valence-electron chi connectivity index (χ3n) is 15.3. The average molecular weight is 744 g/mol. The number of allylic oxidation sites excluding steroid dienone is 4. The number of nitrogens with zero attached hydrogens (tertiary/aromatic N) is 1. The molecule has 0 aromatic heterocycles. The van der Waals surface area contributed by atoms with E-state index in [0.29, 0.717) is 36.4 Å². The van der Waals surface area contributed by atoms with Crippen LogP contribution in [0.1, 0.15) is 88.1 Å². The molecular formula is C48H57NO6. The minimum absolute atomic E-state index is 0.00881. The van der Waals surface area contributed by atoms with Gasteiger partial charge in [-0.25, -0.2) is 0 Å². The van der Waals surface area contributed by atoms with Gasteiger partial charge in [-0.05, 0) is 97.4 Å². The molecule has 2 bridgehead atoms. The Morgan fingerprint density at radius 2 is 1.53 bits per heavy atom. The molecule has 3 aromatic carbocycles. The molecule has 1 amide bonds. The van der Waals surface area contributed by atoms with E-state index in [-0.39, 0.29) is 41.9 Å². The van der Waals surface area contributed by atoms with Crippen LogP contribution in [0.3, 0.4) is 0 Å². The van der Waals surface area contributed by atoms with E-state index in [9.17, 15) is 15.0 Å². The van der Waals surface area contributed by atoms with E-state index in [4.69, 9.17) is 9.47 Å². The lowest BCUT2D eigenvalue weighted by Crippen LogP contribution is -2.67. The van der Waals surface area contributed by atoms with Gasteiger partial charge in [0, 0.05) is 40.5 Å². The lowest BCUT2D eigenvalue weighted by Gasteiger charge is -2.71. The van der Waals surface area contributed by atoms with Crippen molar-refractivity contribution in [2.75, 3.05) is 27.3 Å². The van der Waals surface area contributed by atoms with E-state index in [1.165, 1.54) is 0 Å². The molecule has 1 unspecified atom stereocenters. The summed E-state index contributed by atoms with van der Waals surface area (Å²) in [6, 6.07) is 23.7. The van der Waals surface area contributed by atoms with Crippen molar-refractivity contribution in [1.82, 2.24) is 4.90 Å². The first-order valence-electron chi connectivity index (χ1n) is 20.4. The maximum Gasteiger partial charge on any atom is 0.227 e. The normalized spacial score (nSPS) is 34.2. The molecule has 0 aliphatic heterocycles. The van der Waals surface area contributed by atoms with Crippen LogP contribution in [0.2, 0.25) is 0 Å². The van der Waals surface area contributed by atoms with Crippen molar-refractivity contribution in [3.8, 4) is 22.6 Å². The summed E-state index contributed by atoms with van der Waals surface area (Å²) in [5, 5.41) is 24.2. The van der Waals surface area contributed by atoms with Crippen LogP contribution >= 0.6 is 0 Å². The van der Waals surface area contributed by atoms with Gasteiger partial charge in [0.2, 0.25) is 5.91 Å². The summed E-state index contributed by atoms with van der Waals surface area (Å²) >= 11 is 0. The number of hydrogen-bond donors (Lipinski definition) is 2. The van der Waals surface area contributed by atoms with Crippen LogP contribution in [-0.4, -0.2) is 65.8 Å². The van der Waals surface area contributed by atoms with Crippen LogP contribution in [-0.2, 0) is 11.2 Å². The molecule has 3 saturated carbocycles. The van der Waals surface area contributed by atoms with Crippen molar-refractivity contribution >= 4 is 11.7 Å². The minimum Gasteiger partial charge on any atom is -0.493 e. The summed E-state index contributed by atoms with van der Waals surface area (Å²) in [4.78, 5) is 31.5. The Bertz CT molecular complexity index is 2040. The average Bonchev–Trinajstić information content (AvgIpc) is 3.47. The molecule has 8 atom stereocenters. The molecule has 0 radical (unpaired) electrons. The standard InChI is InChI=1S/C48H57NO6/c1-6-26-49(42(51)28-32-16-17-38(54-4)39(27-32)55-5)31-47(53)23-20-41-45(47,3)22-19-40-44(2)21-18-34(50)29-46(44)24-25-48(40,41)37(30-46)43(52)36-15-11-10-14-35(36)33-12-8-7-9-13-33/h7-17,24-25,27,30,34,40-41,50,53H,6,18-23,26,28-29,31H2,1-5H3/t34?,40-,41-,44-,45+,46+,47-,48-/m1/s1. The van der Waals surface area contributed by atoms with Crippen molar-refractivity contribution < 1.29 is 29.3 Å². The first-order valence-corrected chi connectivity index (χ1v) is 20.4. The number of fused-ring (bicyclic) bond motifs is 1. The molecule has 3 fully saturated rings. The van der Waals surface area contributed by atoms with Gasteiger partial charge in [0.15, 0.2) is 17.3 Å². The predicted molar refractivity (Wildman–Crippen MR) is 215 cm³/mol. The van der Waals surface area contributed by atoms with Crippen molar-refractivity contribution in [3.63, 3.8) is 0 Å². The summed E-state index contributed by atoms with van der Waals surface area (Å²) in [5.41, 5.74) is 1.46. The van der Waals surface area contributed by atoms with E-state index in [1.807, 2.05) is 65.6 Å². The Morgan fingerprint density at radius 1 is 0.836 bits per heavy atom. The van der Waals surface area contributed by atoms with Crippen molar-refractivity contribution in [1.29, 1.82) is 0 Å². The number of amides is 1. The van der Waals surface area contributed by atoms with E-state index in [0.717, 1.165) is 60.8 Å². The zero-order chi connectivity index (χ0) is 38.8. The number of ketones is 1. The van der Waals surface area contributed by atoms with Crippen molar-refractivity contribution in [3.05, 3.63) is 108 Å². The summed E-state index contributed by atoms with van der Waals surface area (Å²) in [6.07, 6.45) is 12.8. The Hall–Kier alpha value is -4.20. The molecule has 55 heavy (non-hydrogen) atoms. The Morgan fingerprint density at radius 3 is 2.27 bits per heavy atom.